The highest BCUT2D eigenvalue weighted by atomic mass is 79.9. The Bertz CT molecular complexity index is 495. The molecule has 0 saturated heterocycles. The zero-order chi connectivity index (χ0) is 13.8. The van der Waals surface area contributed by atoms with E-state index in [1.165, 1.54) is 0 Å². The van der Waals surface area contributed by atoms with Crippen LogP contribution in [0, 0.1) is 0 Å². The molecule has 0 heterocycles. The van der Waals surface area contributed by atoms with Gasteiger partial charge in [-0.25, -0.2) is 8.42 Å². The number of rotatable bonds is 6. The van der Waals surface area contributed by atoms with Crippen LogP contribution in [0.3, 0.4) is 0 Å². The molecule has 1 aromatic rings. The summed E-state index contributed by atoms with van der Waals surface area (Å²) in [5, 5.41) is 10.4. The van der Waals surface area contributed by atoms with E-state index in [0.29, 0.717) is 12.8 Å². The largest absolute Gasteiger partial charge is 0.385 e. The lowest BCUT2D eigenvalue weighted by atomic mass is 9.91. The Kier molecular flexibility index (Phi) is 5.37. The Morgan fingerprint density at radius 3 is 2.50 bits per heavy atom. The molecule has 1 unspecified atom stereocenters. The van der Waals surface area contributed by atoms with Crippen LogP contribution in [0.15, 0.2) is 28.7 Å². The summed E-state index contributed by atoms with van der Waals surface area (Å²) in [6.45, 7) is 3.35. The van der Waals surface area contributed by atoms with Crippen molar-refractivity contribution in [1.29, 1.82) is 0 Å². The normalized spacial score (nSPS) is 15.3. The zero-order valence-electron chi connectivity index (χ0n) is 10.7. The highest BCUT2D eigenvalue weighted by Gasteiger charge is 2.25. The van der Waals surface area contributed by atoms with Gasteiger partial charge in [0.15, 0.2) is 0 Å². The first-order valence-electron chi connectivity index (χ1n) is 5.96. The Morgan fingerprint density at radius 2 is 1.94 bits per heavy atom. The van der Waals surface area contributed by atoms with Crippen LogP contribution in [-0.4, -0.2) is 25.0 Å². The summed E-state index contributed by atoms with van der Waals surface area (Å²) in [6, 6.07) is 7.45. The summed E-state index contributed by atoms with van der Waals surface area (Å²) >= 11 is 3.40. The molecule has 1 atom stereocenters. The summed E-state index contributed by atoms with van der Waals surface area (Å²) in [7, 11) is -2.96. The highest BCUT2D eigenvalue weighted by Crippen LogP contribution is 2.31. The quantitative estimate of drug-likeness (QED) is 0.870. The van der Waals surface area contributed by atoms with Gasteiger partial charge in [0.25, 0.3) is 0 Å². The van der Waals surface area contributed by atoms with Crippen molar-refractivity contribution in [2.75, 3.05) is 11.5 Å². The van der Waals surface area contributed by atoms with Crippen LogP contribution in [0.4, 0.5) is 0 Å². The molecule has 0 spiro atoms. The fourth-order valence-electron chi connectivity index (χ4n) is 1.81. The first-order valence-corrected chi connectivity index (χ1v) is 8.58. The third-order valence-corrected chi connectivity index (χ3v) is 5.49. The van der Waals surface area contributed by atoms with Crippen LogP contribution in [0.5, 0.6) is 0 Å². The van der Waals surface area contributed by atoms with E-state index >= 15 is 0 Å². The first kappa shape index (κ1) is 15.7. The third-order valence-electron chi connectivity index (χ3n) is 3.01. The predicted molar refractivity (Wildman–Crippen MR) is 77.3 cm³/mol. The van der Waals surface area contributed by atoms with Gasteiger partial charge in [0.1, 0.15) is 9.84 Å². The maximum absolute atomic E-state index is 11.4. The van der Waals surface area contributed by atoms with Crippen molar-refractivity contribution >= 4 is 25.8 Å². The van der Waals surface area contributed by atoms with Gasteiger partial charge >= 0.3 is 0 Å². The maximum Gasteiger partial charge on any atom is 0.150 e. The van der Waals surface area contributed by atoms with Gasteiger partial charge in [0.05, 0.1) is 11.4 Å². The number of hydrogen-bond acceptors (Lipinski definition) is 3. The average Bonchev–Trinajstić information content (AvgIpc) is 2.29. The van der Waals surface area contributed by atoms with Crippen molar-refractivity contribution in [2.24, 2.45) is 0 Å². The lowest BCUT2D eigenvalue weighted by Gasteiger charge is -2.25. The SMILES string of the molecule is CCS(=O)(=O)CCCC(C)(O)c1ccccc1Br. The molecular formula is C13H19BrO3S. The van der Waals surface area contributed by atoms with Crippen molar-refractivity contribution in [2.45, 2.75) is 32.3 Å². The summed E-state index contributed by atoms with van der Waals surface area (Å²) < 4.78 is 23.6. The highest BCUT2D eigenvalue weighted by molar-refractivity contribution is 9.10. The minimum atomic E-state index is -2.96. The van der Waals surface area contributed by atoms with Crippen molar-refractivity contribution in [3.8, 4) is 0 Å². The minimum Gasteiger partial charge on any atom is -0.385 e. The Hall–Kier alpha value is -0.390. The molecule has 1 aromatic carbocycles. The Labute approximate surface area is 117 Å². The van der Waals surface area contributed by atoms with E-state index in [4.69, 9.17) is 0 Å². The molecular weight excluding hydrogens is 316 g/mol. The lowest BCUT2D eigenvalue weighted by Crippen LogP contribution is -2.23. The lowest BCUT2D eigenvalue weighted by molar-refractivity contribution is 0.0465. The molecule has 102 valence electrons. The second kappa shape index (κ2) is 6.17. The van der Waals surface area contributed by atoms with Crippen molar-refractivity contribution in [3.63, 3.8) is 0 Å². The number of benzene rings is 1. The maximum atomic E-state index is 11.4. The van der Waals surface area contributed by atoms with Crippen molar-refractivity contribution in [3.05, 3.63) is 34.3 Å². The summed E-state index contributed by atoms with van der Waals surface area (Å²) in [5.41, 5.74) is -0.220. The van der Waals surface area contributed by atoms with E-state index in [0.717, 1.165) is 10.0 Å². The Balaban J connectivity index is 2.69. The summed E-state index contributed by atoms with van der Waals surface area (Å²) in [4.78, 5) is 0. The number of halogens is 1. The molecule has 0 aliphatic carbocycles. The van der Waals surface area contributed by atoms with E-state index in [2.05, 4.69) is 15.9 Å². The topological polar surface area (TPSA) is 54.4 Å². The smallest absolute Gasteiger partial charge is 0.150 e. The van der Waals surface area contributed by atoms with Crippen LogP contribution in [0.25, 0.3) is 0 Å². The van der Waals surface area contributed by atoms with E-state index in [1.54, 1.807) is 13.8 Å². The molecule has 0 aliphatic rings. The molecule has 5 heteroatoms. The fraction of sp³-hybridized carbons (Fsp3) is 0.538. The molecule has 1 rings (SSSR count). The monoisotopic (exact) mass is 334 g/mol. The molecule has 0 aromatic heterocycles. The van der Waals surface area contributed by atoms with E-state index < -0.39 is 15.4 Å². The standard InChI is InChI=1S/C13H19BrO3S/c1-3-18(16,17)10-6-9-13(2,15)11-7-4-5-8-12(11)14/h4-5,7-8,15H,3,6,9-10H2,1-2H3. The van der Waals surface area contributed by atoms with Gasteiger partial charge in [-0.3, -0.25) is 0 Å². The van der Waals surface area contributed by atoms with Crippen LogP contribution in [0.1, 0.15) is 32.3 Å². The molecule has 1 N–H and O–H groups in total. The number of sulfone groups is 1. The van der Waals surface area contributed by atoms with E-state index in [-0.39, 0.29) is 11.5 Å². The van der Waals surface area contributed by atoms with Gasteiger partial charge in [-0.05, 0) is 31.4 Å². The number of hydrogen-bond donors (Lipinski definition) is 1. The zero-order valence-corrected chi connectivity index (χ0v) is 13.1. The van der Waals surface area contributed by atoms with Crippen LogP contribution < -0.4 is 0 Å². The third kappa shape index (κ3) is 4.37. The molecule has 0 amide bonds. The summed E-state index contributed by atoms with van der Waals surface area (Å²) in [5.74, 6) is 0.286. The average molecular weight is 335 g/mol. The Morgan fingerprint density at radius 1 is 1.33 bits per heavy atom. The van der Waals surface area contributed by atoms with E-state index in [1.807, 2.05) is 24.3 Å². The van der Waals surface area contributed by atoms with Gasteiger partial charge in [-0.2, -0.15) is 0 Å². The van der Waals surface area contributed by atoms with Crippen LogP contribution in [0.2, 0.25) is 0 Å². The second-order valence-electron chi connectivity index (χ2n) is 4.59. The molecule has 0 fully saturated rings. The first-order chi connectivity index (χ1) is 8.28. The molecule has 3 nitrogen and oxygen atoms in total. The second-order valence-corrected chi connectivity index (χ2v) is 7.92. The molecule has 0 radical (unpaired) electrons. The van der Waals surface area contributed by atoms with Crippen LogP contribution in [-0.2, 0) is 15.4 Å². The van der Waals surface area contributed by atoms with Gasteiger partial charge in [0.2, 0.25) is 0 Å². The van der Waals surface area contributed by atoms with Gasteiger partial charge in [-0.15, -0.1) is 0 Å². The van der Waals surface area contributed by atoms with Gasteiger partial charge in [-0.1, -0.05) is 41.1 Å². The predicted octanol–water partition coefficient (Wildman–Crippen LogP) is 2.87. The van der Waals surface area contributed by atoms with Gasteiger partial charge in [0, 0.05) is 10.2 Å². The summed E-state index contributed by atoms with van der Waals surface area (Å²) in [6.07, 6.45) is 0.888. The number of aliphatic hydroxyl groups is 1. The molecule has 0 saturated carbocycles. The molecule has 18 heavy (non-hydrogen) atoms. The molecule has 0 aliphatic heterocycles. The van der Waals surface area contributed by atoms with Crippen LogP contribution >= 0.6 is 15.9 Å². The van der Waals surface area contributed by atoms with Gasteiger partial charge < -0.3 is 5.11 Å². The van der Waals surface area contributed by atoms with Crippen molar-refractivity contribution < 1.29 is 13.5 Å². The fourth-order valence-corrected chi connectivity index (χ4v) is 3.40. The molecule has 0 bridgehead atoms. The van der Waals surface area contributed by atoms with Crippen molar-refractivity contribution in [1.82, 2.24) is 0 Å². The van der Waals surface area contributed by atoms with E-state index in [9.17, 15) is 13.5 Å². The minimum absolute atomic E-state index is 0.129.